The van der Waals surface area contributed by atoms with Crippen LogP contribution in [0.15, 0.2) is 18.2 Å². The predicted octanol–water partition coefficient (Wildman–Crippen LogP) is 2.90. The van der Waals surface area contributed by atoms with Crippen LogP contribution in [0.1, 0.15) is 43.4 Å². The van der Waals surface area contributed by atoms with Gasteiger partial charge in [-0.25, -0.2) is 0 Å². The minimum absolute atomic E-state index is 0.141. The molecule has 0 saturated carbocycles. The van der Waals surface area contributed by atoms with E-state index in [4.69, 9.17) is 4.74 Å². The second-order valence-electron chi connectivity index (χ2n) is 6.44. The average molecular weight is 289 g/mol. The first-order valence-corrected chi connectivity index (χ1v) is 7.99. The summed E-state index contributed by atoms with van der Waals surface area (Å²) in [6.45, 7) is 5.28. The minimum Gasteiger partial charge on any atom is -0.469 e. The number of benzene rings is 1. The Hall–Kier alpha value is -1.35. The summed E-state index contributed by atoms with van der Waals surface area (Å²) in [4.78, 5) is 11.6. The van der Waals surface area contributed by atoms with E-state index in [0.29, 0.717) is 12.3 Å². The maximum Gasteiger partial charge on any atom is 0.307 e. The number of aryl methyl sites for hydroxylation is 2. The van der Waals surface area contributed by atoms with Crippen LogP contribution in [0.2, 0.25) is 0 Å². The predicted molar refractivity (Wildman–Crippen MR) is 85.4 cm³/mol. The van der Waals surface area contributed by atoms with E-state index >= 15 is 0 Å². The van der Waals surface area contributed by atoms with Gasteiger partial charge in [0.25, 0.3) is 0 Å². The van der Waals surface area contributed by atoms with E-state index in [1.165, 1.54) is 43.1 Å². The van der Waals surface area contributed by atoms with Gasteiger partial charge >= 0.3 is 5.97 Å². The van der Waals surface area contributed by atoms with E-state index in [2.05, 4.69) is 37.4 Å². The smallest absolute Gasteiger partial charge is 0.307 e. The number of hydrogen-bond acceptors (Lipinski definition) is 3. The number of ether oxygens (including phenoxy) is 1. The number of rotatable bonds is 7. The Morgan fingerprint density at radius 1 is 1.29 bits per heavy atom. The summed E-state index contributed by atoms with van der Waals surface area (Å²) in [6.07, 6.45) is 5.00. The number of methoxy groups -OCH3 is 1. The van der Waals surface area contributed by atoms with Gasteiger partial charge < -0.3 is 10.1 Å². The van der Waals surface area contributed by atoms with Gasteiger partial charge in [-0.2, -0.15) is 0 Å². The van der Waals surface area contributed by atoms with Gasteiger partial charge in [0.05, 0.1) is 13.5 Å². The lowest BCUT2D eigenvalue weighted by molar-refractivity contribution is -0.141. The van der Waals surface area contributed by atoms with Crippen molar-refractivity contribution in [2.75, 3.05) is 13.7 Å². The summed E-state index contributed by atoms with van der Waals surface area (Å²) in [5.74, 6) is 0.433. The van der Waals surface area contributed by atoms with Crippen molar-refractivity contribution in [3.8, 4) is 0 Å². The second kappa shape index (κ2) is 7.60. The van der Waals surface area contributed by atoms with Crippen molar-refractivity contribution in [1.82, 2.24) is 5.32 Å². The molecule has 0 heterocycles. The van der Waals surface area contributed by atoms with Crippen molar-refractivity contribution in [2.24, 2.45) is 5.92 Å². The first-order chi connectivity index (χ1) is 10.1. The molecule has 1 aliphatic rings. The van der Waals surface area contributed by atoms with Gasteiger partial charge in [-0.15, -0.1) is 0 Å². The molecule has 0 aliphatic heterocycles. The van der Waals surface area contributed by atoms with Crippen LogP contribution in [0.25, 0.3) is 0 Å². The highest BCUT2D eigenvalue weighted by Gasteiger charge is 2.17. The average Bonchev–Trinajstić information content (AvgIpc) is 2.92. The summed E-state index contributed by atoms with van der Waals surface area (Å²) in [6, 6.07) is 6.95. The van der Waals surface area contributed by atoms with Gasteiger partial charge in [-0.3, -0.25) is 4.79 Å². The molecule has 0 saturated heterocycles. The highest BCUT2D eigenvalue weighted by Crippen LogP contribution is 2.23. The molecule has 1 aromatic rings. The van der Waals surface area contributed by atoms with Crippen molar-refractivity contribution in [2.45, 2.75) is 52.0 Å². The Morgan fingerprint density at radius 2 is 2.05 bits per heavy atom. The highest BCUT2D eigenvalue weighted by atomic mass is 16.5. The number of carbonyl (C=O) groups excluding carboxylic acids is 1. The fourth-order valence-electron chi connectivity index (χ4n) is 2.94. The van der Waals surface area contributed by atoms with Crippen LogP contribution in [0, 0.1) is 5.92 Å². The molecule has 1 aromatic carbocycles. The minimum atomic E-state index is -0.141. The highest BCUT2D eigenvalue weighted by molar-refractivity contribution is 5.70. The molecule has 0 amide bonds. The summed E-state index contributed by atoms with van der Waals surface area (Å²) in [5.41, 5.74) is 4.31. The summed E-state index contributed by atoms with van der Waals surface area (Å²) in [5, 5.41) is 3.50. The molecule has 1 aliphatic carbocycles. The van der Waals surface area contributed by atoms with Crippen molar-refractivity contribution >= 4 is 5.97 Å². The molecule has 1 N–H and O–H groups in total. The largest absolute Gasteiger partial charge is 0.469 e. The SMILES string of the molecule is COC(=O)CC(Cc1ccc2c(c1)CCC2)NCC(C)C. The molecule has 0 aromatic heterocycles. The summed E-state index contributed by atoms with van der Waals surface area (Å²) in [7, 11) is 1.46. The molecular weight excluding hydrogens is 262 g/mol. The number of fused-ring (bicyclic) bond motifs is 1. The van der Waals surface area contributed by atoms with Gasteiger partial charge in [0.15, 0.2) is 0 Å². The van der Waals surface area contributed by atoms with Gasteiger partial charge in [0, 0.05) is 6.04 Å². The number of hydrogen-bond donors (Lipinski definition) is 1. The normalized spacial score (nSPS) is 15.0. The molecule has 21 heavy (non-hydrogen) atoms. The van der Waals surface area contributed by atoms with Crippen LogP contribution in [0.3, 0.4) is 0 Å². The zero-order chi connectivity index (χ0) is 15.2. The van der Waals surface area contributed by atoms with Gasteiger partial charge in [-0.1, -0.05) is 32.0 Å². The van der Waals surface area contributed by atoms with Crippen molar-refractivity contribution in [3.05, 3.63) is 34.9 Å². The van der Waals surface area contributed by atoms with Crippen molar-refractivity contribution in [1.29, 1.82) is 0 Å². The van der Waals surface area contributed by atoms with Crippen LogP contribution in [0.5, 0.6) is 0 Å². The Kier molecular flexibility index (Phi) is 5.80. The molecule has 0 fully saturated rings. The molecule has 1 atom stereocenters. The Labute approximate surface area is 128 Å². The van der Waals surface area contributed by atoms with Gasteiger partial charge in [-0.05, 0) is 54.8 Å². The Balaban J connectivity index is 2.00. The van der Waals surface area contributed by atoms with E-state index < -0.39 is 0 Å². The zero-order valence-electron chi connectivity index (χ0n) is 13.4. The molecule has 0 bridgehead atoms. The first kappa shape index (κ1) is 16.0. The fraction of sp³-hybridized carbons (Fsp3) is 0.611. The topological polar surface area (TPSA) is 38.3 Å². The standard InChI is InChI=1S/C18H27NO2/c1-13(2)12-19-17(11-18(20)21-3)10-14-7-8-15-5-4-6-16(15)9-14/h7-9,13,17,19H,4-6,10-12H2,1-3H3. The maximum atomic E-state index is 11.6. The lowest BCUT2D eigenvalue weighted by Crippen LogP contribution is -2.36. The van der Waals surface area contributed by atoms with Crippen LogP contribution in [-0.2, 0) is 28.8 Å². The molecular formula is C18H27NO2. The summed E-state index contributed by atoms with van der Waals surface area (Å²) >= 11 is 0. The second-order valence-corrected chi connectivity index (χ2v) is 6.44. The van der Waals surface area contributed by atoms with Crippen LogP contribution >= 0.6 is 0 Å². The maximum absolute atomic E-state index is 11.6. The van der Waals surface area contributed by atoms with Crippen LogP contribution in [0.4, 0.5) is 0 Å². The van der Waals surface area contributed by atoms with Crippen LogP contribution < -0.4 is 5.32 Å². The van der Waals surface area contributed by atoms with Gasteiger partial charge in [0.1, 0.15) is 0 Å². The molecule has 116 valence electrons. The quantitative estimate of drug-likeness (QED) is 0.784. The molecule has 3 heteroatoms. The van der Waals surface area contributed by atoms with E-state index in [-0.39, 0.29) is 12.0 Å². The molecule has 2 rings (SSSR count). The third-order valence-corrected chi connectivity index (χ3v) is 4.10. The van der Waals surface area contributed by atoms with Crippen molar-refractivity contribution in [3.63, 3.8) is 0 Å². The zero-order valence-corrected chi connectivity index (χ0v) is 13.4. The first-order valence-electron chi connectivity index (χ1n) is 7.99. The number of carbonyl (C=O) groups is 1. The molecule has 0 radical (unpaired) electrons. The van der Waals surface area contributed by atoms with E-state index in [1.54, 1.807) is 0 Å². The Morgan fingerprint density at radius 3 is 2.76 bits per heavy atom. The van der Waals surface area contributed by atoms with Gasteiger partial charge in [0.2, 0.25) is 0 Å². The molecule has 0 spiro atoms. The monoisotopic (exact) mass is 289 g/mol. The van der Waals surface area contributed by atoms with Crippen molar-refractivity contribution < 1.29 is 9.53 Å². The third kappa shape index (κ3) is 4.85. The third-order valence-electron chi connectivity index (χ3n) is 4.10. The summed E-state index contributed by atoms with van der Waals surface area (Å²) < 4.78 is 4.82. The van der Waals surface area contributed by atoms with E-state index in [9.17, 15) is 4.79 Å². The molecule has 3 nitrogen and oxygen atoms in total. The number of esters is 1. The van der Waals surface area contributed by atoms with E-state index in [0.717, 1.165) is 13.0 Å². The number of nitrogens with one attached hydrogen (secondary N) is 1. The lowest BCUT2D eigenvalue weighted by atomic mass is 9.99. The fourth-order valence-corrected chi connectivity index (χ4v) is 2.94. The van der Waals surface area contributed by atoms with E-state index in [1.807, 2.05) is 0 Å². The van der Waals surface area contributed by atoms with Crippen LogP contribution in [-0.4, -0.2) is 25.7 Å². The Bertz CT molecular complexity index is 482. The molecule has 1 unspecified atom stereocenters. The lowest BCUT2D eigenvalue weighted by Gasteiger charge is -2.19.